The Labute approximate surface area is 111 Å². The van der Waals surface area contributed by atoms with Crippen molar-refractivity contribution in [3.63, 3.8) is 0 Å². The predicted octanol–water partition coefficient (Wildman–Crippen LogP) is 0.842. The molecule has 0 aromatic heterocycles. The number of carbonyl (C=O) groups is 3. The smallest absolute Gasteiger partial charge is 0.323 e. The quantitative estimate of drug-likeness (QED) is 0.682. The van der Waals surface area contributed by atoms with Gasteiger partial charge in [0.15, 0.2) is 0 Å². The highest BCUT2D eigenvalue weighted by Crippen LogP contribution is 2.28. The molecule has 1 aliphatic carbocycles. The number of rotatable bonds is 8. The lowest BCUT2D eigenvalue weighted by Crippen LogP contribution is -2.48. The summed E-state index contributed by atoms with van der Waals surface area (Å²) in [6.45, 7) is 1.39. The Morgan fingerprint density at radius 3 is 2.00 bits per heavy atom. The molecule has 0 atom stereocenters. The van der Waals surface area contributed by atoms with Gasteiger partial charge in [-0.3, -0.25) is 9.59 Å². The summed E-state index contributed by atoms with van der Waals surface area (Å²) < 4.78 is 0. The highest BCUT2D eigenvalue weighted by Gasteiger charge is 2.35. The topological polar surface area (TPSA) is 98.2 Å². The van der Waals surface area contributed by atoms with E-state index in [4.69, 9.17) is 10.2 Å². The molecule has 19 heavy (non-hydrogen) atoms. The molecule has 1 fully saturated rings. The summed E-state index contributed by atoms with van der Waals surface area (Å²) in [6, 6.07) is -0.343. The Balaban J connectivity index is 2.70. The highest BCUT2D eigenvalue weighted by molar-refractivity contribution is 5.84. The first-order valence-corrected chi connectivity index (χ1v) is 6.44. The third-order valence-electron chi connectivity index (χ3n) is 2.91. The number of carbonyl (C=O) groups excluding carboxylic acids is 1. The fraction of sp³-hybridized carbons (Fsp3) is 0.750. The first-order chi connectivity index (χ1) is 8.95. The number of nitrogens with zero attached hydrogens (tertiary/aromatic N) is 2. The number of amides is 2. The van der Waals surface area contributed by atoms with Gasteiger partial charge in [0.1, 0.15) is 13.1 Å². The maximum absolute atomic E-state index is 12.2. The summed E-state index contributed by atoms with van der Waals surface area (Å²) in [7, 11) is 0. The van der Waals surface area contributed by atoms with Crippen molar-refractivity contribution in [1.29, 1.82) is 0 Å². The number of hydrogen-bond acceptors (Lipinski definition) is 3. The van der Waals surface area contributed by atoms with Crippen LogP contribution in [0, 0.1) is 0 Å². The Bertz CT molecular complexity index is 338. The lowest BCUT2D eigenvalue weighted by molar-refractivity contribution is -0.140. The van der Waals surface area contributed by atoms with Gasteiger partial charge in [-0.15, -0.1) is 0 Å². The molecule has 0 heterocycles. The van der Waals surface area contributed by atoms with Crippen LogP contribution in [0.2, 0.25) is 0 Å². The lowest BCUT2D eigenvalue weighted by atomic mass is 10.3. The van der Waals surface area contributed by atoms with Gasteiger partial charge in [-0.25, -0.2) is 4.79 Å². The number of carboxylic acids is 2. The number of hydrogen-bond donors (Lipinski definition) is 2. The molecular weight excluding hydrogens is 252 g/mol. The molecule has 0 spiro atoms. The minimum atomic E-state index is -1.21. The van der Waals surface area contributed by atoms with Crippen LogP contribution >= 0.6 is 0 Å². The Hall–Kier alpha value is -1.79. The predicted molar refractivity (Wildman–Crippen MR) is 66.9 cm³/mol. The molecule has 0 saturated heterocycles. The second kappa shape index (κ2) is 6.96. The van der Waals surface area contributed by atoms with Crippen molar-refractivity contribution in [2.45, 2.75) is 38.6 Å². The van der Waals surface area contributed by atoms with Crippen LogP contribution < -0.4 is 0 Å². The van der Waals surface area contributed by atoms with Gasteiger partial charge in [0.25, 0.3) is 0 Å². The molecule has 0 radical (unpaired) electrons. The van der Waals surface area contributed by atoms with Gasteiger partial charge >= 0.3 is 18.0 Å². The summed E-state index contributed by atoms with van der Waals surface area (Å²) in [5, 5.41) is 17.5. The molecule has 108 valence electrons. The largest absolute Gasteiger partial charge is 0.480 e. The van der Waals surface area contributed by atoms with Crippen molar-refractivity contribution in [3.8, 4) is 0 Å². The van der Waals surface area contributed by atoms with Gasteiger partial charge in [0, 0.05) is 12.6 Å². The van der Waals surface area contributed by atoms with Gasteiger partial charge in [-0.05, 0) is 19.3 Å². The SMILES string of the molecule is CCCCN(C(=O)N(CC(=O)O)CC(=O)O)C1CC1. The van der Waals surface area contributed by atoms with Crippen LogP contribution in [0.4, 0.5) is 4.79 Å². The molecule has 1 rings (SSSR count). The number of urea groups is 1. The Morgan fingerprint density at radius 2 is 1.63 bits per heavy atom. The lowest BCUT2D eigenvalue weighted by Gasteiger charge is -2.28. The molecule has 1 aliphatic rings. The zero-order valence-corrected chi connectivity index (χ0v) is 11.0. The van der Waals surface area contributed by atoms with E-state index in [1.54, 1.807) is 4.90 Å². The van der Waals surface area contributed by atoms with Crippen molar-refractivity contribution < 1.29 is 24.6 Å². The minimum Gasteiger partial charge on any atom is -0.480 e. The van der Waals surface area contributed by atoms with Gasteiger partial charge in [0.05, 0.1) is 0 Å². The van der Waals surface area contributed by atoms with Crippen molar-refractivity contribution in [1.82, 2.24) is 9.80 Å². The Morgan fingerprint density at radius 1 is 1.11 bits per heavy atom. The summed E-state index contributed by atoms with van der Waals surface area (Å²) in [5.41, 5.74) is 0. The van der Waals surface area contributed by atoms with Crippen LogP contribution in [-0.2, 0) is 9.59 Å². The molecule has 1 saturated carbocycles. The van der Waals surface area contributed by atoms with E-state index in [1.807, 2.05) is 6.92 Å². The van der Waals surface area contributed by atoms with E-state index >= 15 is 0 Å². The average molecular weight is 272 g/mol. The van der Waals surface area contributed by atoms with Crippen LogP contribution in [0.15, 0.2) is 0 Å². The first-order valence-electron chi connectivity index (χ1n) is 6.44. The van der Waals surface area contributed by atoms with Gasteiger partial charge in [-0.1, -0.05) is 13.3 Å². The third-order valence-corrected chi connectivity index (χ3v) is 2.91. The van der Waals surface area contributed by atoms with E-state index in [-0.39, 0.29) is 6.04 Å². The van der Waals surface area contributed by atoms with Gasteiger partial charge in [0.2, 0.25) is 0 Å². The van der Waals surface area contributed by atoms with Crippen molar-refractivity contribution >= 4 is 18.0 Å². The second-order valence-electron chi connectivity index (χ2n) is 4.70. The van der Waals surface area contributed by atoms with Gasteiger partial charge in [-0.2, -0.15) is 0 Å². The molecule has 0 aromatic rings. The van der Waals surface area contributed by atoms with E-state index < -0.39 is 31.1 Å². The summed E-state index contributed by atoms with van der Waals surface area (Å²) in [6.07, 6.45) is 3.57. The van der Waals surface area contributed by atoms with Crippen molar-refractivity contribution in [2.75, 3.05) is 19.6 Å². The van der Waals surface area contributed by atoms with Gasteiger partial charge < -0.3 is 20.0 Å². The summed E-state index contributed by atoms with van der Waals surface area (Å²) in [5.74, 6) is -2.42. The standard InChI is InChI=1S/C12H20N2O5/c1-2-3-6-14(9-4-5-9)12(19)13(7-10(15)16)8-11(17)18/h9H,2-8H2,1H3,(H,15,16)(H,17,18). The number of unbranched alkanes of at least 4 members (excludes halogenated alkanes) is 1. The number of carboxylic acid groups (broad SMARTS) is 2. The van der Waals surface area contributed by atoms with Crippen LogP contribution in [0.25, 0.3) is 0 Å². The maximum Gasteiger partial charge on any atom is 0.323 e. The number of aliphatic carboxylic acids is 2. The highest BCUT2D eigenvalue weighted by atomic mass is 16.4. The van der Waals surface area contributed by atoms with Crippen molar-refractivity contribution in [3.05, 3.63) is 0 Å². The first kappa shape index (κ1) is 15.3. The van der Waals surface area contributed by atoms with Crippen LogP contribution in [0.3, 0.4) is 0 Å². The molecule has 0 aromatic carbocycles. The fourth-order valence-corrected chi connectivity index (χ4v) is 1.85. The molecule has 2 N–H and O–H groups in total. The van der Waals surface area contributed by atoms with E-state index in [1.165, 1.54) is 0 Å². The zero-order chi connectivity index (χ0) is 14.4. The van der Waals surface area contributed by atoms with E-state index in [0.717, 1.165) is 30.6 Å². The molecule has 0 unspecified atom stereocenters. The molecule has 2 amide bonds. The van der Waals surface area contributed by atoms with Crippen molar-refractivity contribution in [2.24, 2.45) is 0 Å². The van der Waals surface area contributed by atoms with E-state index in [2.05, 4.69) is 0 Å². The van der Waals surface area contributed by atoms with Crippen LogP contribution in [-0.4, -0.2) is 63.7 Å². The fourth-order valence-electron chi connectivity index (χ4n) is 1.85. The molecule has 7 heteroatoms. The Kier molecular flexibility index (Phi) is 5.59. The normalized spacial score (nSPS) is 13.9. The molecule has 7 nitrogen and oxygen atoms in total. The summed E-state index contributed by atoms with van der Waals surface area (Å²) in [4.78, 5) is 36.1. The van der Waals surface area contributed by atoms with E-state index in [0.29, 0.717) is 6.54 Å². The zero-order valence-electron chi connectivity index (χ0n) is 11.0. The minimum absolute atomic E-state index is 0.143. The second-order valence-corrected chi connectivity index (χ2v) is 4.70. The van der Waals surface area contributed by atoms with E-state index in [9.17, 15) is 14.4 Å². The monoisotopic (exact) mass is 272 g/mol. The molecule has 0 bridgehead atoms. The summed E-state index contributed by atoms with van der Waals surface area (Å²) >= 11 is 0. The average Bonchev–Trinajstić information content (AvgIpc) is 3.11. The maximum atomic E-state index is 12.2. The molecular formula is C12H20N2O5. The van der Waals surface area contributed by atoms with Crippen LogP contribution in [0.5, 0.6) is 0 Å². The third kappa shape index (κ3) is 5.15. The van der Waals surface area contributed by atoms with Crippen LogP contribution in [0.1, 0.15) is 32.6 Å². The molecule has 0 aliphatic heterocycles.